The molecular weight excluding hydrogens is 462 g/mol. The van der Waals surface area contributed by atoms with Crippen LogP contribution in [-0.4, -0.2) is 85.7 Å². The maximum Gasteiger partial charge on any atom is 0.326 e. The summed E-state index contributed by atoms with van der Waals surface area (Å²) in [5.74, 6) is -6.86. The van der Waals surface area contributed by atoms with Crippen LogP contribution in [0.25, 0.3) is 0 Å². The van der Waals surface area contributed by atoms with E-state index < -0.39 is 72.6 Å². The molecule has 4 amide bonds. The zero-order valence-corrected chi connectivity index (χ0v) is 18.1. The number of hydrogen-bond acceptors (Lipinski definition) is 9. The largest absolute Gasteiger partial charge is 0.481 e. The highest BCUT2D eigenvalue weighted by atomic mass is 32.1. The number of thiol groups is 1. The van der Waals surface area contributed by atoms with Crippen LogP contribution in [-0.2, 0) is 35.2 Å². The number of rotatable bonds is 14. The van der Waals surface area contributed by atoms with Gasteiger partial charge >= 0.3 is 11.9 Å². The van der Waals surface area contributed by atoms with Crippen LogP contribution in [0, 0.1) is 0 Å². The number of carbonyl (C=O) groups excluding carboxylic acids is 4. The summed E-state index contributed by atoms with van der Waals surface area (Å²) in [5.41, 5.74) is 11.0. The highest BCUT2D eigenvalue weighted by Crippen LogP contribution is 2.02. The molecule has 0 aromatic carbocycles. The predicted molar refractivity (Wildman–Crippen MR) is 114 cm³/mol. The van der Waals surface area contributed by atoms with Gasteiger partial charge in [0, 0.05) is 24.1 Å². The molecule has 1 rings (SSSR count). The Hall–Kier alpha value is -3.66. The average Bonchev–Trinajstić information content (AvgIpc) is 3.22. The van der Waals surface area contributed by atoms with Crippen molar-refractivity contribution in [3.8, 4) is 0 Å². The Morgan fingerprint density at radius 1 is 0.970 bits per heavy atom. The Labute approximate surface area is 192 Å². The van der Waals surface area contributed by atoms with E-state index in [4.69, 9.17) is 16.6 Å². The Bertz CT molecular complexity index is 879. The summed E-state index contributed by atoms with van der Waals surface area (Å²) in [6.45, 7) is 0. The van der Waals surface area contributed by atoms with E-state index in [1.165, 1.54) is 12.5 Å². The third kappa shape index (κ3) is 9.56. The van der Waals surface area contributed by atoms with Crippen LogP contribution >= 0.6 is 12.6 Å². The number of carboxylic acids is 2. The Morgan fingerprint density at radius 3 is 2.03 bits per heavy atom. The van der Waals surface area contributed by atoms with Crippen molar-refractivity contribution in [2.24, 2.45) is 11.5 Å². The number of aromatic nitrogens is 2. The molecule has 1 aromatic rings. The summed E-state index contributed by atoms with van der Waals surface area (Å²) < 4.78 is 0. The molecule has 182 valence electrons. The zero-order chi connectivity index (χ0) is 25.1. The van der Waals surface area contributed by atoms with E-state index in [0.29, 0.717) is 5.69 Å². The molecule has 0 bridgehead atoms. The Morgan fingerprint density at radius 2 is 1.55 bits per heavy atom. The summed E-state index contributed by atoms with van der Waals surface area (Å²) >= 11 is 3.93. The number of carboxylic acid groups (broad SMARTS) is 2. The second-order valence-electron chi connectivity index (χ2n) is 6.86. The lowest BCUT2D eigenvalue weighted by atomic mass is 10.1. The highest BCUT2D eigenvalue weighted by Gasteiger charge is 2.31. The van der Waals surface area contributed by atoms with Crippen LogP contribution in [0.1, 0.15) is 18.5 Å². The van der Waals surface area contributed by atoms with Crippen LogP contribution in [0.5, 0.6) is 0 Å². The number of carbonyl (C=O) groups is 6. The minimum atomic E-state index is -1.56. The molecule has 0 fully saturated rings. The van der Waals surface area contributed by atoms with Crippen molar-refractivity contribution in [1.82, 2.24) is 25.9 Å². The smallest absolute Gasteiger partial charge is 0.326 e. The molecule has 0 aliphatic carbocycles. The number of primary amides is 1. The van der Waals surface area contributed by atoms with Crippen LogP contribution in [0.2, 0.25) is 0 Å². The molecule has 0 radical (unpaired) electrons. The van der Waals surface area contributed by atoms with Gasteiger partial charge in [-0.15, -0.1) is 0 Å². The Kier molecular flexibility index (Phi) is 10.8. The molecule has 15 nitrogen and oxygen atoms in total. The van der Waals surface area contributed by atoms with Gasteiger partial charge in [0.1, 0.15) is 18.1 Å². The number of nitrogens with zero attached hydrogens (tertiary/aromatic N) is 1. The number of imidazole rings is 1. The van der Waals surface area contributed by atoms with Crippen molar-refractivity contribution in [1.29, 1.82) is 0 Å². The normalized spacial score (nSPS) is 14.2. The molecule has 0 spiro atoms. The molecule has 16 heteroatoms. The van der Waals surface area contributed by atoms with Crippen molar-refractivity contribution >= 4 is 48.2 Å². The van der Waals surface area contributed by atoms with Crippen molar-refractivity contribution in [3.63, 3.8) is 0 Å². The third-order valence-corrected chi connectivity index (χ3v) is 4.54. The predicted octanol–water partition coefficient (Wildman–Crippen LogP) is -3.90. The molecule has 1 aromatic heterocycles. The van der Waals surface area contributed by atoms with Crippen molar-refractivity contribution in [3.05, 3.63) is 18.2 Å². The average molecular weight is 487 g/mol. The highest BCUT2D eigenvalue weighted by molar-refractivity contribution is 7.80. The quantitative estimate of drug-likeness (QED) is 0.115. The van der Waals surface area contributed by atoms with E-state index in [1.807, 2.05) is 0 Å². The SMILES string of the molecule is NC(=O)CC(NC(=O)C(CS)NC(=O)C(N)CC(=O)O)C(=O)NC(Cc1cnc[nH]1)C(=O)O. The maximum atomic E-state index is 12.6. The van der Waals surface area contributed by atoms with E-state index in [0.717, 1.165) is 0 Å². The van der Waals surface area contributed by atoms with Gasteiger partial charge < -0.3 is 42.6 Å². The third-order valence-electron chi connectivity index (χ3n) is 4.18. The molecule has 0 saturated heterocycles. The first-order chi connectivity index (χ1) is 15.4. The van der Waals surface area contributed by atoms with Gasteiger partial charge in [0.05, 0.1) is 25.2 Å². The van der Waals surface area contributed by atoms with E-state index >= 15 is 0 Å². The van der Waals surface area contributed by atoms with Crippen LogP contribution in [0.4, 0.5) is 0 Å². The summed E-state index contributed by atoms with van der Waals surface area (Å²) in [6, 6.07) is -5.77. The molecule has 4 atom stereocenters. The first-order valence-corrected chi connectivity index (χ1v) is 10.1. The fourth-order valence-corrected chi connectivity index (χ4v) is 2.78. The lowest BCUT2D eigenvalue weighted by Gasteiger charge is -2.23. The number of nitrogens with two attached hydrogens (primary N) is 2. The molecule has 0 saturated carbocycles. The lowest BCUT2D eigenvalue weighted by Crippen LogP contribution is -2.58. The summed E-state index contributed by atoms with van der Waals surface area (Å²) in [5, 5.41) is 24.7. The first-order valence-electron chi connectivity index (χ1n) is 9.42. The number of amides is 4. The minimum absolute atomic E-state index is 0.158. The Balaban J connectivity index is 2.88. The molecule has 33 heavy (non-hydrogen) atoms. The van der Waals surface area contributed by atoms with Crippen LogP contribution in [0.3, 0.4) is 0 Å². The summed E-state index contributed by atoms with van der Waals surface area (Å²) in [4.78, 5) is 77.1. The van der Waals surface area contributed by atoms with Gasteiger partial charge in [0.25, 0.3) is 0 Å². The molecule has 4 unspecified atom stereocenters. The number of nitrogens with one attached hydrogen (secondary N) is 4. The second-order valence-corrected chi connectivity index (χ2v) is 7.23. The van der Waals surface area contributed by atoms with Gasteiger partial charge in [-0.2, -0.15) is 12.6 Å². The molecular formula is C17H25N7O8S. The van der Waals surface area contributed by atoms with E-state index in [-0.39, 0.29) is 12.2 Å². The molecule has 0 aliphatic rings. The zero-order valence-electron chi connectivity index (χ0n) is 17.2. The lowest BCUT2D eigenvalue weighted by molar-refractivity contribution is -0.142. The van der Waals surface area contributed by atoms with Gasteiger partial charge in [-0.25, -0.2) is 9.78 Å². The fourth-order valence-electron chi connectivity index (χ4n) is 2.53. The number of aromatic amines is 1. The van der Waals surface area contributed by atoms with Gasteiger partial charge in [-0.3, -0.25) is 24.0 Å². The topological polar surface area (TPSA) is 260 Å². The van der Waals surface area contributed by atoms with Crippen LogP contribution < -0.4 is 27.4 Å². The molecule has 0 aliphatic heterocycles. The summed E-state index contributed by atoms with van der Waals surface area (Å²) in [7, 11) is 0. The van der Waals surface area contributed by atoms with Crippen molar-refractivity contribution in [2.75, 3.05) is 5.75 Å². The fraction of sp³-hybridized carbons (Fsp3) is 0.471. The van der Waals surface area contributed by atoms with Gasteiger partial charge in [-0.1, -0.05) is 0 Å². The number of aliphatic carboxylic acids is 2. The first kappa shape index (κ1) is 27.4. The second kappa shape index (κ2) is 13.0. The summed E-state index contributed by atoms with van der Waals surface area (Å²) in [6.07, 6.45) is 1.17. The van der Waals surface area contributed by atoms with Gasteiger partial charge in [0.15, 0.2) is 0 Å². The van der Waals surface area contributed by atoms with Crippen LogP contribution in [0.15, 0.2) is 12.5 Å². The minimum Gasteiger partial charge on any atom is -0.481 e. The monoisotopic (exact) mass is 487 g/mol. The number of H-pyrrole nitrogens is 1. The molecule has 10 N–H and O–H groups in total. The van der Waals surface area contributed by atoms with E-state index in [2.05, 4.69) is 38.5 Å². The molecule has 1 heterocycles. The van der Waals surface area contributed by atoms with Gasteiger partial charge in [-0.05, 0) is 0 Å². The number of hydrogen-bond donors (Lipinski definition) is 9. The van der Waals surface area contributed by atoms with Crippen molar-refractivity contribution < 1.29 is 39.0 Å². The van der Waals surface area contributed by atoms with Gasteiger partial charge in [0.2, 0.25) is 23.6 Å². The van der Waals surface area contributed by atoms with Crippen molar-refractivity contribution in [2.45, 2.75) is 43.4 Å². The van der Waals surface area contributed by atoms with E-state index in [1.54, 1.807) is 0 Å². The standard InChI is InChI=1S/C17H25N7O8S/c18-8(2-13(26)27)14(28)24-11(5-33)16(30)22-9(3-12(19)25)15(29)23-10(17(31)32)1-7-4-20-6-21-7/h4,6,8-11,33H,1-3,5,18H2,(H2,19,25)(H,20,21)(H,22,30)(H,23,29)(H,24,28)(H,26,27)(H,31,32). The maximum absolute atomic E-state index is 12.6. The van der Waals surface area contributed by atoms with E-state index in [9.17, 15) is 33.9 Å².